The maximum Gasteiger partial charge on any atom is 0.0234 e. The molecule has 0 atom stereocenters. The van der Waals surface area contributed by atoms with Crippen molar-refractivity contribution in [3.8, 4) is 0 Å². The van der Waals surface area contributed by atoms with Gasteiger partial charge in [-0.3, -0.25) is 9.80 Å². The molecule has 0 unspecified atom stereocenters. The van der Waals surface area contributed by atoms with Crippen molar-refractivity contribution in [3.63, 3.8) is 0 Å². The molecule has 1 aliphatic heterocycles. The van der Waals surface area contributed by atoms with Crippen molar-refractivity contribution in [3.05, 3.63) is 35.9 Å². The van der Waals surface area contributed by atoms with Gasteiger partial charge in [0.2, 0.25) is 0 Å². The molecule has 2 heteroatoms. The predicted molar refractivity (Wildman–Crippen MR) is 112 cm³/mol. The van der Waals surface area contributed by atoms with E-state index in [1.165, 1.54) is 57.4 Å². The molecule has 1 heterocycles. The summed E-state index contributed by atoms with van der Waals surface area (Å²) in [7, 11) is 0. The van der Waals surface area contributed by atoms with Gasteiger partial charge in [-0.2, -0.15) is 0 Å². The SMILES string of the molecule is CC(C)C1(C(C)(C)C)CCC(N2CCN(Cc3ccccc3)CC2)CC1. The van der Waals surface area contributed by atoms with Crippen LogP contribution in [0.15, 0.2) is 30.3 Å². The van der Waals surface area contributed by atoms with Crippen LogP contribution in [0.2, 0.25) is 0 Å². The third-order valence-corrected chi connectivity index (χ3v) is 7.62. The van der Waals surface area contributed by atoms with Crippen LogP contribution in [-0.4, -0.2) is 42.0 Å². The van der Waals surface area contributed by atoms with Crippen molar-refractivity contribution in [1.29, 1.82) is 0 Å². The second-order valence-electron chi connectivity index (χ2n) is 10.1. The third-order valence-electron chi connectivity index (χ3n) is 7.62. The molecule has 2 aliphatic rings. The van der Waals surface area contributed by atoms with E-state index in [1.54, 1.807) is 0 Å². The van der Waals surface area contributed by atoms with Crippen LogP contribution in [0.1, 0.15) is 65.9 Å². The van der Waals surface area contributed by atoms with E-state index in [0.29, 0.717) is 10.8 Å². The number of hydrogen-bond donors (Lipinski definition) is 0. The van der Waals surface area contributed by atoms with E-state index >= 15 is 0 Å². The molecule has 1 aromatic carbocycles. The molecule has 26 heavy (non-hydrogen) atoms. The molecule has 0 spiro atoms. The quantitative estimate of drug-likeness (QED) is 0.709. The Kier molecular flexibility index (Phi) is 6.14. The molecule has 1 aliphatic carbocycles. The standard InChI is InChI=1S/C24H40N2/c1-20(2)24(23(3,4)5)13-11-22(12-14-24)26-17-15-25(16-18-26)19-21-9-7-6-8-10-21/h6-10,20,22H,11-19H2,1-5H3. The average molecular weight is 357 g/mol. The monoisotopic (exact) mass is 356 g/mol. The van der Waals surface area contributed by atoms with Gasteiger partial charge in [-0.15, -0.1) is 0 Å². The minimum atomic E-state index is 0.417. The van der Waals surface area contributed by atoms with Gasteiger partial charge >= 0.3 is 0 Å². The summed E-state index contributed by atoms with van der Waals surface area (Å²) in [6.45, 7) is 18.4. The summed E-state index contributed by atoms with van der Waals surface area (Å²) in [6.07, 6.45) is 5.61. The summed E-state index contributed by atoms with van der Waals surface area (Å²) < 4.78 is 0. The van der Waals surface area contributed by atoms with Crippen LogP contribution in [0.25, 0.3) is 0 Å². The number of hydrogen-bond acceptors (Lipinski definition) is 2. The maximum absolute atomic E-state index is 2.80. The first-order chi connectivity index (χ1) is 12.3. The molecule has 0 bridgehead atoms. The molecule has 0 aromatic heterocycles. The van der Waals surface area contributed by atoms with E-state index in [1.807, 2.05) is 0 Å². The highest BCUT2D eigenvalue weighted by molar-refractivity contribution is 5.14. The van der Waals surface area contributed by atoms with E-state index in [4.69, 9.17) is 0 Å². The van der Waals surface area contributed by atoms with E-state index in [9.17, 15) is 0 Å². The van der Waals surface area contributed by atoms with Crippen LogP contribution in [0, 0.1) is 16.7 Å². The summed E-state index contributed by atoms with van der Waals surface area (Å²) in [5.41, 5.74) is 2.39. The number of benzene rings is 1. The Morgan fingerprint density at radius 1 is 0.962 bits per heavy atom. The molecule has 1 saturated heterocycles. The highest BCUT2D eigenvalue weighted by Crippen LogP contribution is 2.54. The van der Waals surface area contributed by atoms with Crippen LogP contribution in [0.3, 0.4) is 0 Å². The lowest BCUT2D eigenvalue weighted by molar-refractivity contribution is -0.0391. The van der Waals surface area contributed by atoms with Crippen LogP contribution in [-0.2, 0) is 6.54 Å². The molecular formula is C24H40N2. The molecule has 2 nitrogen and oxygen atoms in total. The molecule has 2 fully saturated rings. The van der Waals surface area contributed by atoms with Gasteiger partial charge in [-0.05, 0) is 48.0 Å². The lowest BCUT2D eigenvalue weighted by Gasteiger charge is -2.54. The van der Waals surface area contributed by atoms with Crippen LogP contribution in [0.4, 0.5) is 0 Å². The number of nitrogens with zero attached hydrogens (tertiary/aromatic N) is 2. The van der Waals surface area contributed by atoms with Crippen molar-refractivity contribution >= 4 is 0 Å². The predicted octanol–water partition coefficient (Wildman–Crippen LogP) is 5.44. The van der Waals surface area contributed by atoms with Crippen molar-refractivity contribution in [2.75, 3.05) is 26.2 Å². The smallest absolute Gasteiger partial charge is 0.0234 e. The van der Waals surface area contributed by atoms with Crippen LogP contribution < -0.4 is 0 Å². The fourth-order valence-corrected chi connectivity index (χ4v) is 5.80. The summed E-state index contributed by atoms with van der Waals surface area (Å²) in [5, 5.41) is 0. The van der Waals surface area contributed by atoms with Gasteiger partial charge in [0.05, 0.1) is 0 Å². The lowest BCUT2D eigenvalue weighted by atomic mass is 9.54. The average Bonchev–Trinajstić information content (AvgIpc) is 2.62. The molecule has 1 aromatic rings. The van der Waals surface area contributed by atoms with Crippen molar-refractivity contribution in [2.45, 2.75) is 72.9 Å². The third kappa shape index (κ3) is 4.17. The molecule has 3 rings (SSSR count). The summed E-state index contributed by atoms with van der Waals surface area (Å²) in [5.74, 6) is 0.783. The van der Waals surface area contributed by atoms with Gasteiger partial charge in [0.25, 0.3) is 0 Å². The van der Waals surface area contributed by atoms with Gasteiger partial charge in [-0.1, -0.05) is 65.0 Å². The summed E-state index contributed by atoms with van der Waals surface area (Å²) >= 11 is 0. The first kappa shape index (κ1) is 19.9. The van der Waals surface area contributed by atoms with Gasteiger partial charge in [0.15, 0.2) is 0 Å². The molecule has 1 saturated carbocycles. The molecule has 0 N–H and O–H groups in total. The molecule has 0 amide bonds. The Balaban J connectivity index is 1.50. The van der Waals surface area contributed by atoms with Crippen LogP contribution >= 0.6 is 0 Å². The minimum absolute atomic E-state index is 0.417. The summed E-state index contributed by atoms with van der Waals surface area (Å²) in [4.78, 5) is 5.43. The second kappa shape index (κ2) is 8.02. The molecule has 146 valence electrons. The minimum Gasteiger partial charge on any atom is -0.298 e. The Bertz CT molecular complexity index is 541. The van der Waals surface area contributed by atoms with Gasteiger partial charge in [-0.25, -0.2) is 0 Å². The Hall–Kier alpha value is -0.860. The largest absolute Gasteiger partial charge is 0.298 e. The lowest BCUT2D eigenvalue weighted by Crippen LogP contribution is -2.53. The first-order valence-corrected chi connectivity index (χ1v) is 10.8. The number of rotatable bonds is 4. The normalized spacial score (nSPS) is 29.2. The van der Waals surface area contributed by atoms with Crippen molar-refractivity contribution < 1.29 is 0 Å². The van der Waals surface area contributed by atoms with Crippen molar-refractivity contribution in [1.82, 2.24) is 9.80 Å². The second-order valence-corrected chi connectivity index (χ2v) is 10.1. The van der Waals surface area contributed by atoms with E-state index < -0.39 is 0 Å². The maximum atomic E-state index is 2.80. The van der Waals surface area contributed by atoms with Gasteiger partial charge < -0.3 is 0 Å². The van der Waals surface area contributed by atoms with E-state index in [-0.39, 0.29) is 0 Å². The van der Waals surface area contributed by atoms with Crippen molar-refractivity contribution in [2.24, 2.45) is 16.7 Å². The van der Waals surface area contributed by atoms with E-state index in [0.717, 1.165) is 18.5 Å². The fraction of sp³-hybridized carbons (Fsp3) is 0.750. The Morgan fingerprint density at radius 2 is 1.54 bits per heavy atom. The molecular weight excluding hydrogens is 316 g/mol. The topological polar surface area (TPSA) is 6.48 Å². The zero-order valence-corrected chi connectivity index (χ0v) is 17.8. The Labute approximate surface area is 162 Å². The molecule has 0 radical (unpaired) electrons. The number of piperazine rings is 1. The van der Waals surface area contributed by atoms with E-state index in [2.05, 4.69) is 74.8 Å². The fourth-order valence-electron chi connectivity index (χ4n) is 5.80. The van der Waals surface area contributed by atoms with Crippen LogP contribution in [0.5, 0.6) is 0 Å². The highest BCUT2D eigenvalue weighted by Gasteiger charge is 2.47. The zero-order chi connectivity index (χ0) is 18.8. The zero-order valence-electron chi connectivity index (χ0n) is 17.8. The first-order valence-electron chi connectivity index (χ1n) is 10.8. The van der Waals surface area contributed by atoms with Gasteiger partial charge in [0.1, 0.15) is 0 Å². The highest BCUT2D eigenvalue weighted by atomic mass is 15.3. The van der Waals surface area contributed by atoms with Gasteiger partial charge in [0, 0.05) is 38.8 Å². The Morgan fingerprint density at radius 3 is 2.04 bits per heavy atom. The summed E-state index contributed by atoms with van der Waals surface area (Å²) in [6, 6.07) is 11.8.